The van der Waals surface area contributed by atoms with Gasteiger partial charge in [0, 0.05) is 21.6 Å². The molecule has 106 valence electrons. The Balaban J connectivity index is 1.87. The number of amides is 1. The number of furan rings is 1. The van der Waals surface area contributed by atoms with Crippen LogP contribution in [0.1, 0.15) is 16.1 Å². The number of benzene rings is 1. The highest BCUT2D eigenvalue weighted by atomic mass is 79.9. The number of carbonyl (C=O) groups excluding carboxylic acids is 1. The lowest BCUT2D eigenvalue weighted by Gasteiger charge is -1.98. The molecule has 3 aromatic rings. The van der Waals surface area contributed by atoms with Gasteiger partial charge in [-0.1, -0.05) is 28.1 Å². The third-order valence-electron chi connectivity index (χ3n) is 2.94. The van der Waals surface area contributed by atoms with Gasteiger partial charge in [0.1, 0.15) is 11.5 Å². The second-order valence-corrected chi connectivity index (χ2v) is 6.19. The zero-order valence-electron chi connectivity index (χ0n) is 11.1. The van der Waals surface area contributed by atoms with Gasteiger partial charge in [-0.15, -0.1) is 11.3 Å². The Labute approximate surface area is 134 Å². The summed E-state index contributed by atoms with van der Waals surface area (Å²) in [6, 6.07) is 9.49. The third-order valence-corrected chi connectivity index (χ3v) is 4.16. The van der Waals surface area contributed by atoms with Crippen LogP contribution in [-0.4, -0.2) is 10.9 Å². The highest BCUT2D eigenvalue weighted by Crippen LogP contribution is 2.27. The molecule has 6 heteroatoms. The van der Waals surface area contributed by atoms with Gasteiger partial charge in [-0.2, -0.15) is 0 Å². The Bertz CT molecular complexity index is 764. The van der Waals surface area contributed by atoms with Crippen molar-refractivity contribution in [2.24, 2.45) is 0 Å². The van der Waals surface area contributed by atoms with E-state index >= 15 is 0 Å². The SMILES string of the molecule is Cc1oc(-c2ccc(Br)cc2)cc1C(=O)Nc1nccs1. The second kappa shape index (κ2) is 5.83. The van der Waals surface area contributed by atoms with Gasteiger partial charge in [-0.3, -0.25) is 10.1 Å². The largest absolute Gasteiger partial charge is 0.461 e. The van der Waals surface area contributed by atoms with E-state index in [1.165, 1.54) is 11.3 Å². The summed E-state index contributed by atoms with van der Waals surface area (Å²) in [5.41, 5.74) is 1.44. The monoisotopic (exact) mass is 362 g/mol. The van der Waals surface area contributed by atoms with E-state index in [0.29, 0.717) is 22.2 Å². The van der Waals surface area contributed by atoms with Crippen LogP contribution < -0.4 is 5.32 Å². The lowest BCUT2D eigenvalue weighted by molar-refractivity contribution is 0.102. The van der Waals surface area contributed by atoms with E-state index in [2.05, 4.69) is 26.2 Å². The summed E-state index contributed by atoms with van der Waals surface area (Å²) < 4.78 is 6.68. The van der Waals surface area contributed by atoms with Gasteiger partial charge in [0.2, 0.25) is 0 Å². The maximum absolute atomic E-state index is 12.2. The number of aromatic nitrogens is 1. The number of anilines is 1. The van der Waals surface area contributed by atoms with Crippen LogP contribution in [0.25, 0.3) is 11.3 Å². The number of thiazole rings is 1. The molecule has 0 bridgehead atoms. The predicted molar refractivity (Wildman–Crippen MR) is 86.6 cm³/mol. The summed E-state index contributed by atoms with van der Waals surface area (Å²) in [6.07, 6.45) is 1.65. The quantitative estimate of drug-likeness (QED) is 0.732. The summed E-state index contributed by atoms with van der Waals surface area (Å²) in [5, 5.41) is 5.14. The van der Waals surface area contributed by atoms with Crippen molar-refractivity contribution in [3.05, 3.63) is 57.7 Å². The van der Waals surface area contributed by atoms with Crippen LogP contribution in [0.4, 0.5) is 5.13 Å². The Morgan fingerprint density at radius 2 is 2.10 bits per heavy atom. The molecule has 4 nitrogen and oxygen atoms in total. The molecule has 0 saturated heterocycles. The minimum atomic E-state index is -0.213. The first kappa shape index (κ1) is 14.0. The Kier molecular flexibility index (Phi) is 3.90. The highest BCUT2D eigenvalue weighted by Gasteiger charge is 2.16. The molecular formula is C15H11BrN2O2S. The first-order chi connectivity index (χ1) is 10.1. The normalized spacial score (nSPS) is 10.6. The van der Waals surface area contributed by atoms with E-state index in [0.717, 1.165) is 10.0 Å². The minimum Gasteiger partial charge on any atom is -0.461 e. The summed E-state index contributed by atoms with van der Waals surface area (Å²) in [5.74, 6) is 1.04. The van der Waals surface area contributed by atoms with Crippen molar-refractivity contribution in [1.82, 2.24) is 4.98 Å². The second-order valence-electron chi connectivity index (χ2n) is 4.38. The highest BCUT2D eigenvalue weighted by molar-refractivity contribution is 9.10. The van der Waals surface area contributed by atoms with Gasteiger partial charge in [-0.25, -0.2) is 4.98 Å². The van der Waals surface area contributed by atoms with Crippen LogP contribution in [0.15, 0.2) is 50.8 Å². The first-order valence-corrected chi connectivity index (χ1v) is 7.88. The smallest absolute Gasteiger partial charge is 0.261 e. The number of halogens is 1. The molecule has 2 heterocycles. The van der Waals surface area contributed by atoms with Crippen LogP contribution in [0.2, 0.25) is 0 Å². The van der Waals surface area contributed by atoms with Crippen molar-refractivity contribution in [3.63, 3.8) is 0 Å². The van der Waals surface area contributed by atoms with Gasteiger partial charge >= 0.3 is 0 Å². The molecule has 1 aromatic carbocycles. The number of hydrogen-bond donors (Lipinski definition) is 1. The average molecular weight is 363 g/mol. The van der Waals surface area contributed by atoms with Gasteiger partial charge in [0.15, 0.2) is 5.13 Å². The molecule has 0 fully saturated rings. The summed E-state index contributed by atoms with van der Waals surface area (Å²) >= 11 is 4.77. The lowest BCUT2D eigenvalue weighted by atomic mass is 10.1. The standard InChI is InChI=1S/C15H11BrN2O2S/c1-9-12(14(19)18-15-17-6-7-21-15)8-13(20-9)10-2-4-11(16)5-3-10/h2-8H,1H3,(H,17,18,19). The van der Waals surface area contributed by atoms with Gasteiger partial charge < -0.3 is 4.42 Å². The maximum Gasteiger partial charge on any atom is 0.261 e. The fourth-order valence-electron chi connectivity index (χ4n) is 1.91. The Morgan fingerprint density at radius 3 is 2.76 bits per heavy atom. The fourth-order valence-corrected chi connectivity index (χ4v) is 2.70. The Hall–Kier alpha value is -1.92. The van der Waals surface area contributed by atoms with Crippen LogP contribution in [-0.2, 0) is 0 Å². The van der Waals surface area contributed by atoms with Crippen LogP contribution in [0.5, 0.6) is 0 Å². The Morgan fingerprint density at radius 1 is 1.33 bits per heavy atom. The predicted octanol–water partition coefficient (Wildman–Crippen LogP) is 4.73. The molecule has 0 aliphatic carbocycles. The number of hydrogen-bond acceptors (Lipinski definition) is 4. The van der Waals surface area contributed by atoms with Gasteiger partial charge in [0.25, 0.3) is 5.91 Å². The maximum atomic E-state index is 12.2. The lowest BCUT2D eigenvalue weighted by Crippen LogP contribution is -2.11. The third kappa shape index (κ3) is 3.06. The number of rotatable bonds is 3. The number of carbonyl (C=O) groups is 1. The molecule has 1 amide bonds. The zero-order valence-corrected chi connectivity index (χ0v) is 13.5. The molecule has 0 unspecified atom stereocenters. The molecule has 0 spiro atoms. The summed E-state index contributed by atoms with van der Waals surface area (Å²) in [4.78, 5) is 16.3. The van der Waals surface area contributed by atoms with E-state index < -0.39 is 0 Å². The van der Waals surface area contributed by atoms with Crippen molar-refractivity contribution in [2.75, 3.05) is 5.32 Å². The molecule has 0 atom stereocenters. The van der Waals surface area contributed by atoms with Crippen LogP contribution in [0, 0.1) is 6.92 Å². The van der Waals surface area contributed by atoms with Crippen LogP contribution in [0.3, 0.4) is 0 Å². The van der Waals surface area contributed by atoms with Gasteiger partial charge in [0.05, 0.1) is 5.56 Å². The summed E-state index contributed by atoms with van der Waals surface area (Å²) in [7, 11) is 0. The molecule has 0 aliphatic rings. The first-order valence-electron chi connectivity index (χ1n) is 6.21. The van der Waals surface area contributed by atoms with Crippen molar-refractivity contribution in [2.45, 2.75) is 6.92 Å². The molecular weight excluding hydrogens is 352 g/mol. The van der Waals surface area contributed by atoms with E-state index in [9.17, 15) is 4.79 Å². The van der Waals surface area contributed by atoms with Crippen LogP contribution >= 0.6 is 27.3 Å². The molecule has 2 aromatic heterocycles. The summed E-state index contributed by atoms with van der Waals surface area (Å²) in [6.45, 7) is 1.78. The zero-order chi connectivity index (χ0) is 14.8. The van der Waals surface area contributed by atoms with Crippen molar-refractivity contribution in [1.29, 1.82) is 0 Å². The number of nitrogens with one attached hydrogen (secondary N) is 1. The minimum absolute atomic E-state index is 0.213. The topological polar surface area (TPSA) is 55.1 Å². The van der Waals surface area contributed by atoms with Crippen molar-refractivity contribution in [3.8, 4) is 11.3 Å². The average Bonchev–Trinajstić information content (AvgIpc) is 3.09. The molecule has 0 aliphatic heterocycles. The molecule has 1 N–H and O–H groups in total. The number of aryl methyl sites for hydroxylation is 1. The van der Waals surface area contributed by atoms with Crippen molar-refractivity contribution >= 4 is 38.3 Å². The molecule has 0 radical (unpaired) electrons. The van der Waals surface area contributed by atoms with E-state index in [4.69, 9.17) is 4.42 Å². The van der Waals surface area contributed by atoms with Gasteiger partial charge in [-0.05, 0) is 25.1 Å². The van der Waals surface area contributed by atoms with E-state index in [1.54, 1.807) is 19.2 Å². The van der Waals surface area contributed by atoms with E-state index in [-0.39, 0.29) is 5.91 Å². The molecule has 3 rings (SSSR count). The van der Waals surface area contributed by atoms with E-state index in [1.807, 2.05) is 29.6 Å². The van der Waals surface area contributed by atoms with Crippen molar-refractivity contribution < 1.29 is 9.21 Å². The number of nitrogens with zero attached hydrogens (tertiary/aromatic N) is 1. The fraction of sp³-hybridized carbons (Fsp3) is 0.0667. The molecule has 21 heavy (non-hydrogen) atoms. The molecule has 0 saturated carbocycles.